The summed E-state index contributed by atoms with van der Waals surface area (Å²) in [5.74, 6) is -0.369. The second kappa shape index (κ2) is 4.50. The first-order valence-corrected chi connectivity index (χ1v) is 4.34. The number of rotatable bonds is 3. The van der Waals surface area contributed by atoms with Gasteiger partial charge in [-0.25, -0.2) is 4.79 Å². The normalized spacial score (nSPS) is 10.7. The van der Waals surface area contributed by atoms with Crippen LogP contribution in [-0.2, 0) is 11.3 Å². The van der Waals surface area contributed by atoms with Gasteiger partial charge in [-0.15, -0.1) is 0 Å². The van der Waals surface area contributed by atoms with Crippen LogP contribution in [0.4, 0.5) is 5.69 Å². The Bertz CT molecular complexity index is 353. The van der Waals surface area contributed by atoms with Crippen LogP contribution in [0.5, 0.6) is 0 Å². The second-order valence-corrected chi connectivity index (χ2v) is 2.87. The van der Waals surface area contributed by atoms with E-state index in [0.717, 1.165) is 0 Å². The van der Waals surface area contributed by atoms with Crippen molar-refractivity contribution in [2.45, 2.75) is 13.5 Å². The zero-order valence-electron chi connectivity index (χ0n) is 8.36. The number of nitrogens with two attached hydrogens (primary N) is 1. The Morgan fingerprint density at radius 3 is 3.00 bits per heavy atom. The molecular weight excluding hydrogens is 180 g/mol. The smallest absolute Gasteiger partial charge is 0.354 e. The topological polar surface area (TPSA) is 57.2 Å². The monoisotopic (exact) mass is 194 g/mol. The number of anilines is 1. The lowest BCUT2D eigenvalue weighted by Gasteiger charge is -2.03. The number of methoxy groups -OCH3 is 1. The van der Waals surface area contributed by atoms with Gasteiger partial charge in [-0.3, -0.25) is 0 Å². The van der Waals surface area contributed by atoms with Gasteiger partial charge >= 0.3 is 5.97 Å². The van der Waals surface area contributed by atoms with E-state index >= 15 is 0 Å². The van der Waals surface area contributed by atoms with Gasteiger partial charge < -0.3 is 15.0 Å². The van der Waals surface area contributed by atoms with Crippen LogP contribution in [-0.4, -0.2) is 17.6 Å². The van der Waals surface area contributed by atoms with Gasteiger partial charge in [0.1, 0.15) is 5.69 Å². The molecule has 4 heteroatoms. The number of carbonyl (C=O) groups excluding carboxylic acids is 1. The Kier molecular flexibility index (Phi) is 3.34. The third-order valence-electron chi connectivity index (χ3n) is 1.85. The molecule has 0 saturated carbocycles. The van der Waals surface area contributed by atoms with Gasteiger partial charge in [0.25, 0.3) is 0 Å². The molecule has 0 unspecified atom stereocenters. The fourth-order valence-electron chi connectivity index (χ4n) is 1.18. The first kappa shape index (κ1) is 10.4. The lowest BCUT2D eigenvalue weighted by atomic mass is 10.4. The van der Waals surface area contributed by atoms with E-state index in [-0.39, 0.29) is 5.97 Å². The maximum absolute atomic E-state index is 11.3. The lowest BCUT2D eigenvalue weighted by Crippen LogP contribution is -2.09. The number of ether oxygens (including phenoxy) is 1. The Hall–Kier alpha value is -1.71. The Labute approximate surface area is 83.0 Å². The lowest BCUT2D eigenvalue weighted by molar-refractivity contribution is 0.0589. The Morgan fingerprint density at radius 2 is 2.43 bits per heavy atom. The average molecular weight is 194 g/mol. The van der Waals surface area contributed by atoms with Crippen molar-refractivity contribution in [1.29, 1.82) is 0 Å². The van der Waals surface area contributed by atoms with Crippen molar-refractivity contribution in [2.75, 3.05) is 12.8 Å². The van der Waals surface area contributed by atoms with Gasteiger partial charge in [-0.2, -0.15) is 0 Å². The first-order chi connectivity index (χ1) is 6.69. The number of esters is 1. The van der Waals surface area contributed by atoms with Crippen molar-refractivity contribution >= 4 is 11.7 Å². The van der Waals surface area contributed by atoms with Crippen LogP contribution in [0.3, 0.4) is 0 Å². The molecule has 0 aliphatic heterocycles. The van der Waals surface area contributed by atoms with Crippen molar-refractivity contribution in [3.8, 4) is 0 Å². The van der Waals surface area contributed by atoms with E-state index in [0.29, 0.717) is 17.9 Å². The summed E-state index contributed by atoms with van der Waals surface area (Å²) in [5.41, 5.74) is 6.63. The molecule has 4 nitrogen and oxygen atoms in total. The second-order valence-electron chi connectivity index (χ2n) is 2.87. The van der Waals surface area contributed by atoms with Crippen LogP contribution in [0, 0.1) is 0 Å². The van der Waals surface area contributed by atoms with Crippen LogP contribution < -0.4 is 5.73 Å². The molecule has 0 bridgehead atoms. The highest BCUT2D eigenvalue weighted by atomic mass is 16.5. The molecule has 0 radical (unpaired) electrons. The van der Waals surface area contributed by atoms with Crippen molar-refractivity contribution in [2.24, 2.45) is 0 Å². The molecule has 0 aromatic carbocycles. The summed E-state index contributed by atoms with van der Waals surface area (Å²) in [4.78, 5) is 11.3. The SMILES string of the molecule is C/C=C/Cn1cc(N)cc1C(=O)OC. The minimum Gasteiger partial charge on any atom is -0.464 e. The molecule has 0 amide bonds. The van der Waals surface area contributed by atoms with Crippen molar-refractivity contribution < 1.29 is 9.53 Å². The van der Waals surface area contributed by atoms with Crippen LogP contribution in [0.1, 0.15) is 17.4 Å². The molecule has 1 rings (SSSR count). The molecule has 0 spiro atoms. The summed E-state index contributed by atoms with van der Waals surface area (Å²) in [6.45, 7) is 2.54. The quantitative estimate of drug-likeness (QED) is 0.585. The third kappa shape index (κ3) is 2.16. The average Bonchev–Trinajstić information content (AvgIpc) is 2.55. The summed E-state index contributed by atoms with van der Waals surface area (Å²) in [6, 6.07) is 1.61. The Morgan fingerprint density at radius 1 is 1.71 bits per heavy atom. The molecule has 0 aliphatic carbocycles. The van der Waals surface area contributed by atoms with E-state index in [1.54, 1.807) is 16.8 Å². The maximum atomic E-state index is 11.3. The molecular formula is C10H14N2O2. The summed E-state index contributed by atoms with van der Waals surface area (Å²) in [6.07, 6.45) is 5.56. The number of aromatic nitrogens is 1. The van der Waals surface area contributed by atoms with E-state index < -0.39 is 0 Å². The molecule has 0 atom stereocenters. The van der Waals surface area contributed by atoms with E-state index in [1.807, 2.05) is 19.1 Å². The molecule has 0 aliphatic rings. The highest BCUT2D eigenvalue weighted by Gasteiger charge is 2.11. The summed E-state index contributed by atoms with van der Waals surface area (Å²) >= 11 is 0. The molecule has 1 aromatic heterocycles. The largest absolute Gasteiger partial charge is 0.464 e. The molecule has 0 fully saturated rings. The number of hydrogen-bond acceptors (Lipinski definition) is 3. The van der Waals surface area contributed by atoms with Crippen molar-refractivity contribution in [3.05, 3.63) is 30.1 Å². The summed E-state index contributed by atoms with van der Waals surface area (Å²) < 4.78 is 6.38. The summed E-state index contributed by atoms with van der Waals surface area (Å²) in [7, 11) is 1.35. The number of nitrogens with zero attached hydrogens (tertiary/aromatic N) is 1. The standard InChI is InChI=1S/C10H14N2O2/c1-3-4-5-12-7-8(11)6-9(12)10(13)14-2/h3-4,6-7H,5,11H2,1-2H3/b4-3+. The van der Waals surface area contributed by atoms with E-state index in [1.165, 1.54) is 7.11 Å². The van der Waals surface area contributed by atoms with Gasteiger partial charge in [0, 0.05) is 12.7 Å². The third-order valence-corrected chi connectivity index (χ3v) is 1.85. The van der Waals surface area contributed by atoms with Gasteiger partial charge in [-0.1, -0.05) is 12.2 Å². The molecule has 14 heavy (non-hydrogen) atoms. The van der Waals surface area contributed by atoms with Gasteiger partial charge in [0.05, 0.1) is 12.8 Å². The maximum Gasteiger partial charge on any atom is 0.354 e. The van der Waals surface area contributed by atoms with Crippen LogP contribution >= 0.6 is 0 Å². The van der Waals surface area contributed by atoms with E-state index in [4.69, 9.17) is 5.73 Å². The van der Waals surface area contributed by atoms with Crippen molar-refractivity contribution in [1.82, 2.24) is 4.57 Å². The number of hydrogen-bond donors (Lipinski definition) is 1. The molecule has 1 heterocycles. The highest BCUT2D eigenvalue weighted by molar-refractivity contribution is 5.88. The van der Waals surface area contributed by atoms with Gasteiger partial charge in [0.15, 0.2) is 0 Å². The van der Waals surface area contributed by atoms with Crippen LogP contribution in [0.2, 0.25) is 0 Å². The Balaban J connectivity index is 2.96. The predicted molar refractivity (Wildman–Crippen MR) is 55.0 cm³/mol. The number of carbonyl (C=O) groups is 1. The highest BCUT2D eigenvalue weighted by Crippen LogP contribution is 2.11. The zero-order valence-corrected chi connectivity index (χ0v) is 8.36. The molecule has 76 valence electrons. The van der Waals surface area contributed by atoms with E-state index in [2.05, 4.69) is 4.74 Å². The first-order valence-electron chi connectivity index (χ1n) is 4.34. The molecule has 1 aromatic rings. The predicted octanol–water partition coefficient (Wildman–Crippen LogP) is 1.43. The zero-order chi connectivity index (χ0) is 10.6. The van der Waals surface area contributed by atoms with Gasteiger partial charge in [-0.05, 0) is 13.0 Å². The minimum atomic E-state index is -0.369. The number of nitrogen functional groups attached to an aromatic ring is 1. The minimum absolute atomic E-state index is 0.369. The summed E-state index contributed by atoms with van der Waals surface area (Å²) in [5, 5.41) is 0. The van der Waals surface area contributed by atoms with Crippen molar-refractivity contribution in [3.63, 3.8) is 0 Å². The molecule has 0 saturated heterocycles. The van der Waals surface area contributed by atoms with Crippen LogP contribution in [0.15, 0.2) is 24.4 Å². The van der Waals surface area contributed by atoms with E-state index in [9.17, 15) is 4.79 Å². The fraction of sp³-hybridized carbons (Fsp3) is 0.300. The fourth-order valence-corrected chi connectivity index (χ4v) is 1.18. The molecule has 2 N–H and O–H groups in total. The van der Waals surface area contributed by atoms with Gasteiger partial charge in [0.2, 0.25) is 0 Å². The number of allylic oxidation sites excluding steroid dienone is 2. The van der Waals surface area contributed by atoms with Crippen LogP contribution in [0.25, 0.3) is 0 Å².